The number of rotatable bonds is 4. The predicted molar refractivity (Wildman–Crippen MR) is 54.1 cm³/mol. The van der Waals surface area contributed by atoms with Gasteiger partial charge in [0.05, 0.1) is 0 Å². The first-order valence-corrected chi connectivity index (χ1v) is 5.43. The van der Waals surface area contributed by atoms with E-state index in [9.17, 15) is 0 Å². The molecule has 1 aliphatic rings. The number of nitrogens with zero attached hydrogens (tertiary/aromatic N) is 2. The van der Waals surface area contributed by atoms with Gasteiger partial charge in [-0.05, 0) is 0 Å². The summed E-state index contributed by atoms with van der Waals surface area (Å²) in [4.78, 5) is 4.33. The summed E-state index contributed by atoms with van der Waals surface area (Å²) in [6.07, 6.45) is 0.920. The molecule has 1 saturated heterocycles. The van der Waals surface area contributed by atoms with Gasteiger partial charge in [0.15, 0.2) is 0 Å². The highest BCUT2D eigenvalue weighted by molar-refractivity contribution is 7.09. The molecule has 0 radical (unpaired) electrons. The highest BCUT2D eigenvalue weighted by Gasteiger charge is 2.16. The molecule has 1 aliphatic heterocycles. The van der Waals surface area contributed by atoms with E-state index in [1.165, 1.54) is 11.5 Å². The van der Waals surface area contributed by atoms with Crippen LogP contribution in [0.25, 0.3) is 0 Å². The van der Waals surface area contributed by atoms with Crippen LogP contribution in [0.2, 0.25) is 0 Å². The molecule has 2 rings (SSSR count). The Balaban J connectivity index is 1.79. The van der Waals surface area contributed by atoms with Gasteiger partial charge in [-0.25, -0.2) is 4.98 Å². The second-order valence-corrected chi connectivity index (χ2v) is 4.03. The highest BCUT2D eigenvalue weighted by Crippen LogP contribution is 2.12. The van der Waals surface area contributed by atoms with E-state index in [4.69, 9.17) is 0 Å². The second kappa shape index (κ2) is 4.02. The van der Waals surface area contributed by atoms with Crippen molar-refractivity contribution in [3.8, 4) is 0 Å². The average molecular weight is 198 g/mol. The summed E-state index contributed by atoms with van der Waals surface area (Å²) in [7, 11) is 0. The van der Waals surface area contributed by atoms with Gasteiger partial charge in [0, 0.05) is 43.5 Å². The minimum atomic E-state index is 0.772. The lowest BCUT2D eigenvalue weighted by Gasteiger charge is -2.26. The van der Waals surface area contributed by atoms with E-state index in [2.05, 4.69) is 26.9 Å². The van der Waals surface area contributed by atoms with Gasteiger partial charge in [-0.2, -0.15) is 4.37 Å². The Bertz CT molecular complexity index is 269. The van der Waals surface area contributed by atoms with Crippen LogP contribution in [0.5, 0.6) is 0 Å². The minimum Gasteiger partial charge on any atom is -0.360 e. The van der Waals surface area contributed by atoms with Crippen LogP contribution >= 0.6 is 11.5 Å². The monoisotopic (exact) mass is 198 g/mol. The van der Waals surface area contributed by atoms with Crippen LogP contribution < -0.4 is 10.6 Å². The lowest BCUT2D eigenvalue weighted by Crippen LogP contribution is -2.45. The normalized spacial score (nSPS) is 17.0. The second-order valence-electron chi connectivity index (χ2n) is 3.27. The van der Waals surface area contributed by atoms with Gasteiger partial charge in [0.2, 0.25) is 5.13 Å². The maximum absolute atomic E-state index is 4.33. The zero-order valence-corrected chi connectivity index (χ0v) is 8.52. The molecule has 0 unspecified atom stereocenters. The van der Waals surface area contributed by atoms with Crippen molar-refractivity contribution in [2.24, 2.45) is 5.92 Å². The molecule has 1 fully saturated rings. The zero-order valence-electron chi connectivity index (χ0n) is 7.71. The molecule has 13 heavy (non-hydrogen) atoms. The van der Waals surface area contributed by atoms with Gasteiger partial charge in [-0.1, -0.05) is 6.92 Å². The molecule has 0 aliphatic carbocycles. The topological polar surface area (TPSA) is 49.8 Å². The quantitative estimate of drug-likeness (QED) is 0.749. The third-order valence-corrected chi connectivity index (χ3v) is 2.90. The Morgan fingerprint density at radius 1 is 1.62 bits per heavy atom. The first-order valence-electron chi connectivity index (χ1n) is 4.65. The van der Waals surface area contributed by atoms with E-state index >= 15 is 0 Å². The summed E-state index contributed by atoms with van der Waals surface area (Å²) >= 11 is 1.46. The molecule has 0 bridgehead atoms. The number of hydrogen-bond acceptors (Lipinski definition) is 5. The van der Waals surface area contributed by atoms with E-state index in [1.54, 1.807) is 0 Å². The third-order valence-electron chi connectivity index (χ3n) is 2.19. The average Bonchev–Trinajstić information content (AvgIpc) is 2.49. The Hall–Kier alpha value is -0.680. The van der Waals surface area contributed by atoms with Gasteiger partial charge in [0.1, 0.15) is 5.82 Å². The van der Waals surface area contributed by atoms with Crippen LogP contribution in [-0.4, -0.2) is 29.0 Å². The van der Waals surface area contributed by atoms with Crippen molar-refractivity contribution in [3.63, 3.8) is 0 Å². The minimum absolute atomic E-state index is 0.772. The molecule has 5 heteroatoms. The molecule has 0 aromatic carbocycles. The summed E-state index contributed by atoms with van der Waals surface area (Å²) in [6, 6.07) is 0. The van der Waals surface area contributed by atoms with Crippen molar-refractivity contribution in [2.45, 2.75) is 13.3 Å². The molecule has 72 valence electrons. The lowest BCUT2D eigenvalue weighted by molar-refractivity contribution is 0.365. The summed E-state index contributed by atoms with van der Waals surface area (Å²) in [5, 5.41) is 7.51. The zero-order chi connectivity index (χ0) is 9.10. The first kappa shape index (κ1) is 8.90. The molecule has 2 heterocycles. The molecule has 4 nitrogen and oxygen atoms in total. The molecular weight excluding hydrogens is 184 g/mol. The predicted octanol–water partition coefficient (Wildman–Crippen LogP) is 0.732. The van der Waals surface area contributed by atoms with Crippen molar-refractivity contribution in [2.75, 3.05) is 25.0 Å². The largest absolute Gasteiger partial charge is 0.360 e. The Kier molecular flexibility index (Phi) is 2.75. The molecule has 1 aromatic heterocycles. The molecular formula is C8H14N4S. The van der Waals surface area contributed by atoms with E-state index in [0.717, 1.165) is 42.9 Å². The first-order chi connectivity index (χ1) is 6.38. The van der Waals surface area contributed by atoms with Crippen LogP contribution in [-0.2, 0) is 6.42 Å². The smallest absolute Gasteiger partial charge is 0.202 e. The van der Waals surface area contributed by atoms with Crippen LogP contribution in [0.15, 0.2) is 0 Å². The standard InChI is InChI=1S/C8H14N4S/c1-2-7-11-8(13-12-7)10-5-6-3-9-4-6/h6,9H,2-5H2,1H3,(H,10,11,12). The van der Waals surface area contributed by atoms with Crippen LogP contribution in [0.1, 0.15) is 12.7 Å². The number of nitrogens with one attached hydrogen (secondary N) is 2. The van der Waals surface area contributed by atoms with E-state index in [1.807, 2.05) is 0 Å². The van der Waals surface area contributed by atoms with E-state index in [0.29, 0.717) is 0 Å². The molecule has 0 atom stereocenters. The molecule has 1 aromatic rings. The molecule has 0 saturated carbocycles. The summed E-state index contributed by atoms with van der Waals surface area (Å²) < 4.78 is 4.21. The van der Waals surface area contributed by atoms with Gasteiger partial charge in [-0.3, -0.25) is 0 Å². The van der Waals surface area contributed by atoms with Gasteiger partial charge < -0.3 is 10.6 Å². The highest BCUT2D eigenvalue weighted by atomic mass is 32.1. The van der Waals surface area contributed by atoms with Crippen molar-refractivity contribution in [1.29, 1.82) is 0 Å². The SMILES string of the molecule is CCc1nsc(NCC2CNC2)n1. The van der Waals surface area contributed by atoms with Gasteiger partial charge in [-0.15, -0.1) is 0 Å². The lowest BCUT2D eigenvalue weighted by atomic mass is 10.0. The van der Waals surface area contributed by atoms with Crippen LogP contribution in [0.3, 0.4) is 0 Å². The fraction of sp³-hybridized carbons (Fsp3) is 0.750. The summed E-state index contributed by atoms with van der Waals surface area (Å²) in [6.45, 7) is 5.35. The molecule has 0 spiro atoms. The van der Waals surface area contributed by atoms with Crippen LogP contribution in [0, 0.1) is 5.92 Å². The fourth-order valence-electron chi connectivity index (χ4n) is 1.19. The number of aromatic nitrogens is 2. The maximum atomic E-state index is 4.33. The summed E-state index contributed by atoms with van der Waals surface area (Å²) in [5.41, 5.74) is 0. The Morgan fingerprint density at radius 3 is 3.00 bits per heavy atom. The van der Waals surface area contributed by atoms with Crippen molar-refractivity contribution >= 4 is 16.7 Å². The number of hydrogen-bond donors (Lipinski definition) is 2. The molecule has 2 N–H and O–H groups in total. The van der Waals surface area contributed by atoms with E-state index in [-0.39, 0.29) is 0 Å². The third kappa shape index (κ3) is 2.16. The Morgan fingerprint density at radius 2 is 2.46 bits per heavy atom. The van der Waals surface area contributed by atoms with Crippen LogP contribution in [0.4, 0.5) is 5.13 Å². The fourth-order valence-corrected chi connectivity index (χ4v) is 1.85. The van der Waals surface area contributed by atoms with Crippen molar-refractivity contribution in [3.05, 3.63) is 5.82 Å². The summed E-state index contributed by atoms with van der Waals surface area (Å²) in [5.74, 6) is 1.72. The number of aryl methyl sites for hydroxylation is 1. The van der Waals surface area contributed by atoms with Crippen molar-refractivity contribution in [1.82, 2.24) is 14.7 Å². The number of anilines is 1. The maximum Gasteiger partial charge on any atom is 0.202 e. The van der Waals surface area contributed by atoms with Gasteiger partial charge in [0.25, 0.3) is 0 Å². The van der Waals surface area contributed by atoms with E-state index < -0.39 is 0 Å². The van der Waals surface area contributed by atoms with Gasteiger partial charge >= 0.3 is 0 Å². The Labute approximate surface area is 81.9 Å². The molecule has 0 amide bonds. The van der Waals surface area contributed by atoms with Crippen molar-refractivity contribution < 1.29 is 0 Å².